The third-order valence-electron chi connectivity index (χ3n) is 11.2. The number of nitrogens with zero attached hydrogens (tertiary/aromatic N) is 3. The molecular formula is C42H47N4O15S4-3. The second kappa shape index (κ2) is 19.4. The molecule has 0 spiro atoms. The highest BCUT2D eigenvalue weighted by Gasteiger charge is 2.45. The molecule has 23 heteroatoms. The molecule has 5 rings (SSSR count). The highest BCUT2D eigenvalue weighted by atomic mass is 32.2. The summed E-state index contributed by atoms with van der Waals surface area (Å²) in [6, 6.07) is 7.37. The fourth-order valence-electron chi connectivity index (χ4n) is 7.92. The molecule has 2 aromatic carbocycles. The van der Waals surface area contributed by atoms with Crippen LogP contribution in [0.3, 0.4) is 0 Å². The smallest absolute Gasteiger partial charge is 0.253 e. The number of amides is 3. The lowest BCUT2D eigenvalue weighted by atomic mass is 9.81. The van der Waals surface area contributed by atoms with Gasteiger partial charge in [-0.3, -0.25) is 19.3 Å². The number of unbranched alkanes of at least 4 members (excludes halogenated alkanes) is 1. The second-order valence-corrected chi connectivity index (χ2v) is 22.3. The summed E-state index contributed by atoms with van der Waals surface area (Å²) in [5.74, 6) is -2.83. The normalized spacial score (nSPS) is 18.2. The number of imide groups is 1. The molecule has 0 saturated carbocycles. The van der Waals surface area contributed by atoms with Crippen LogP contribution in [0.1, 0.15) is 64.5 Å². The molecule has 0 unspecified atom stereocenters. The zero-order valence-corrected chi connectivity index (χ0v) is 39.0. The first-order valence-electron chi connectivity index (χ1n) is 20.1. The van der Waals surface area contributed by atoms with E-state index in [4.69, 9.17) is 0 Å². The van der Waals surface area contributed by atoms with E-state index in [1.807, 2.05) is 0 Å². The maximum Gasteiger partial charge on any atom is 0.253 e. The summed E-state index contributed by atoms with van der Waals surface area (Å²) in [6.45, 7) is 6.43. The van der Waals surface area contributed by atoms with Gasteiger partial charge in [-0.1, -0.05) is 38.2 Å². The van der Waals surface area contributed by atoms with E-state index in [1.54, 1.807) is 73.6 Å². The number of fused-ring (bicyclic) bond motifs is 2. The van der Waals surface area contributed by atoms with Gasteiger partial charge in [0.1, 0.15) is 30.4 Å². The molecule has 0 bridgehead atoms. The van der Waals surface area contributed by atoms with E-state index in [2.05, 4.69) is 5.32 Å². The first-order valence-corrected chi connectivity index (χ1v) is 26.0. The predicted octanol–water partition coefficient (Wildman–Crippen LogP) is 2.28. The molecule has 3 amide bonds. The number of allylic oxidation sites excluding steroid dienone is 8. The molecule has 0 aromatic heterocycles. The quantitative estimate of drug-likeness (QED) is 0.0654. The monoisotopic (exact) mass is 975 g/mol. The highest BCUT2D eigenvalue weighted by molar-refractivity contribution is 7.86. The van der Waals surface area contributed by atoms with Crippen LogP contribution in [-0.4, -0.2) is 122 Å². The van der Waals surface area contributed by atoms with Crippen molar-refractivity contribution < 1.29 is 70.8 Å². The minimum Gasteiger partial charge on any atom is -0.748 e. The van der Waals surface area contributed by atoms with E-state index in [0.29, 0.717) is 58.7 Å². The summed E-state index contributed by atoms with van der Waals surface area (Å²) in [4.78, 5) is 37.8. The van der Waals surface area contributed by atoms with Crippen LogP contribution >= 0.6 is 0 Å². The minimum absolute atomic E-state index is 0.00474. The molecular weight excluding hydrogens is 929 g/mol. The van der Waals surface area contributed by atoms with Gasteiger partial charge in [-0.2, -0.15) is 4.58 Å². The van der Waals surface area contributed by atoms with Gasteiger partial charge in [-0.15, -0.1) is 0 Å². The van der Waals surface area contributed by atoms with Crippen LogP contribution in [0.2, 0.25) is 0 Å². The Bertz CT molecular complexity index is 2910. The first kappa shape index (κ1) is 50.9. The van der Waals surface area contributed by atoms with Crippen LogP contribution in [0, 0.1) is 0 Å². The van der Waals surface area contributed by atoms with Crippen molar-refractivity contribution in [2.75, 3.05) is 42.6 Å². The standard InChI is InChI=1S/C42H50N4O15S4/c1-41(2)32-27-30(64(56,57)58)15-17-34(32)44(23-25-62(50,51)52)36(41)12-7-10-29(9-5-6-14-38(47)43-21-22-46-39(48)19-20-40(46)49)11-8-13-37-42(3,4)33-28-31(65(59,60)61)16-18-35(33)45(37)24-26-63(53,54)55/h7-8,10-13,15-20,27-28H,5-6,9,14,21-26H2,1-4H3,(H4-,43,47,50,51,52,53,54,55,56,57,58,59,60,61)/p-3. The van der Waals surface area contributed by atoms with Gasteiger partial charge < -0.3 is 28.4 Å². The van der Waals surface area contributed by atoms with Crippen molar-refractivity contribution in [1.29, 1.82) is 0 Å². The van der Waals surface area contributed by atoms with Crippen LogP contribution in [0.4, 0.5) is 11.4 Å². The van der Waals surface area contributed by atoms with Gasteiger partial charge in [-0.25, -0.2) is 33.7 Å². The summed E-state index contributed by atoms with van der Waals surface area (Å²) >= 11 is 0. The lowest BCUT2D eigenvalue weighted by Crippen LogP contribution is -2.38. The Morgan fingerprint density at radius 1 is 0.723 bits per heavy atom. The maximum atomic E-state index is 12.6. The number of nitrogens with one attached hydrogen (secondary N) is 1. The van der Waals surface area contributed by atoms with E-state index >= 15 is 0 Å². The molecule has 0 fully saturated rings. The zero-order chi connectivity index (χ0) is 48.3. The Kier molecular flexibility index (Phi) is 15.2. The lowest BCUT2D eigenvalue weighted by Gasteiger charge is -2.27. The van der Waals surface area contributed by atoms with Gasteiger partial charge in [0.05, 0.1) is 36.8 Å². The molecule has 0 saturated heterocycles. The fourth-order valence-corrected chi connectivity index (χ4v) is 9.72. The van der Waals surface area contributed by atoms with Crippen LogP contribution in [0.5, 0.6) is 0 Å². The minimum atomic E-state index is -4.86. The first-order chi connectivity index (χ1) is 30.0. The van der Waals surface area contributed by atoms with E-state index in [0.717, 1.165) is 29.2 Å². The Hall–Kier alpha value is -5.14. The second-order valence-electron chi connectivity index (χ2n) is 16.5. The topological polar surface area (TPSA) is 302 Å². The van der Waals surface area contributed by atoms with Crippen molar-refractivity contribution in [1.82, 2.24) is 10.2 Å². The summed E-state index contributed by atoms with van der Waals surface area (Å²) in [5, 5.41) is 2.68. The summed E-state index contributed by atoms with van der Waals surface area (Å²) in [5.41, 5.74) is 1.20. The van der Waals surface area contributed by atoms with Crippen molar-refractivity contribution in [2.24, 2.45) is 0 Å². The number of benzene rings is 2. The van der Waals surface area contributed by atoms with Crippen LogP contribution in [0.15, 0.2) is 106 Å². The molecule has 3 aliphatic heterocycles. The maximum absolute atomic E-state index is 12.6. The number of carbonyl (C=O) groups is 3. The molecule has 65 heavy (non-hydrogen) atoms. The molecule has 352 valence electrons. The number of anilines is 1. The molecule has 0 radical (unpaired) electrons. The van der Waals surface area contributed by atoms with E-state index in [-0.39, 0.29) is 38.5 Å². The van der Waals surface area contributed by atoms with Gasteiger partial charge in [0.25, 0.3) is 11.8 Å². The van der Waals surface area contributed by atoms with E-state index in [1.165, 1.54) is 24.3 Å². The number of hydrogen-bond donors (Lipinski definition) is 1. The molecule has 2 aromatic rings. The third kappa shape index (κ3) is 12.6. The van der Waals surface area contributed by atoms with Gasteiger partial charge in [0.2, 0.25) is 11.6 Å². The number of rotatable bonds is 20. The van der Waals surface area contributed by atoms with Gasteiger partial charge in [0, 0.05) is 72.7 Å². The van der Waals surface area contributed by atoms with E-state index in [9.17, 15) is 66.3 Å². The summed E-state index contributed by atoms with van der Waals surface area (Å²) in [7, 11) is -19.1. The average Bonchev–Trinajstić information content (AvgIpc) is 3.70. The Balaban J connectivity index is 1.47. The largest absolute Gasteiger partial charge is 0.748 e. The molecule has 0 atom stereocenters. The van der Waals surface area contributed by atoms with Gasteiger partial charge in [-0.05, 0) is 80.7 Å². The Morgan fingerprint density at radius 3 is 1.91 bits per heavy atom. The highest BCUT2D eigenvalue weighted by Crippen LogP contribution is 2.48. The van der Waals surface area contributed by atoms with Crippen LogP contribution < -0.4 is 10.2 Å². The molecule has 0 aliphatic carbocycles. The van der Waals surface area contributed by atoms with Crippen molar-refractivity contribution in [3.63, 3.8) is 0 Å². The summed E-state index contributed by atoms with van der Waals surface area (Å²) in [6.07, 6.45) is 13.7. The van der Waals surface area contributed by atoms with Gasteiger partial charge >= 0.3 is 0 Å². The van der Waals surface area contributed by atoms with Crippen LogP contribution in [-0.2, 0) is 65.7 Å². The van der Waals surface area contributed by atoms with Crippen molar-refractivity contribution in [3.05, 3.63) is 107 Å². The molecule has 1 N–H and O–H groups in total. The Labute approximate surface area is 378 Å². The number of carbonyl (C=O) groups excluding carboxylic acids is 3. The zero-order valence-electron chi connectivity index (χ0n) is 35.8. The fraction of sp³-hybridized carbons (Fsp3) is 0.381. The van der Waals surface area contributed by atoms with Crippen molar-refractivity contribution in [3.8, 4) is 0 Å². The molecule has 3 heterocycles. The lowest BCUT2D eigenvalue weighted by molar-refractivity contribution is -0.432. The van der Waals surface area contributed by atoms with E-state index < -0.39 is 84.4 Å². The van der Waals surface area contributed by atoms with Crippen LogP contribution in [0.25, 0.3) is 0 Å². The summed E-state index contributed by atoms with van der Waals surface area (Å²) < 4.78 is 143. The molecule has 3 aliphatic rings. The predicted molar refractivity (Wildman–Crippen MR) is 233 cm³/mol. The van der Waals surface area contributed by atoms with Gasteiger partial charge in [0.15, 0.2) is 12.3 Å². The molecule has 19 nitrogen and oxygen atoms in total. The third-order valence-corrected chi connectivity index (χ3v) is 14.3. The Morgan fingerprint density at radius 2 is 1.31 bits per heavy atom. The average molecular weight is 976 g/mol. The number of hydrogen-bond acceptors (Lipinski definition) is 16. The van der Waals surface area contributed by atoms with Crippen molar-refractivity contribution >= 4 is 75.3 Å². The SMILES string of the molecule is CC1(C)C(/C=C/C=C(/C=C/C=C2/N(CCS(=O)(=O)[O-])c3ccc(S(=O)(=O)[O-])cc3C2(C)C)CCCCC(=O)NCCN2C(=O)C=CC2=O)=[N+](CCS(=O)(=O)[O-])c2ccc(S(=O)(=O)[O-])cc21. The van der Waals surface area contributed by atoms with Crippen molar-refractivity contribution in [2.45, 2.75) is 74.0 Å².